The van der Waals surface area contributed by atoms with Crippen molar-refractivity contribution in [2.24, 2.45) is 0 Å². The molecule has 0 spiro atoms. The van der Waals surface area contributed by atoms with E-state index >= 15 is 0 Å². The molecular formula is C21H19N3O3. The highest BCUT2D eigenvalue weighted by molar-refractivity contribution is 5.95. The Balaban J connectivity index is 2.00. The highest BCUT2D eigenvalue weighted by Gasteiger charge is 2.17. The largest absolute Gasteiger partial charge is 0.493 e. The molecule has 1 N–H and O–H groups in total. The summed E-state index contributed by atoms with van der Waals surface area (Å²) in [7, 11) is 3.19. The molecule has 6 nitrogen and oxygen atoms in total. The van der Waals surface area contributed by atoms with Crippen molar-refractivity contribution in [1.29, 1.82) is 0 Å². The van der Waals surface area contributed by atoms with Gasteiger partial charge in [0.1, 0.15) is 5.65 Å². The van der Waals surface area contributed by atoms with Gasteiger partial charge in [-0.2, -0.15) is 5.10 Å². The number of nitrogens with zero attached hydrogens (tertiary/aromatic N) is 2. The van der Waals surface area contributed by atoms with Crippen molar-refractivity contribution in [3.8, 4) is 28.3 Å². The fraction of sp³-hybridized carbons (Fsp3) is 0.143. The van der Waals surface area contributed by atoms with Gasteiger partial charge in [0.15, 0.2) is 11.5 Å². The van der Waals surface area contributed by atoms with Crippen LogP contribution in [0.5, 0.6) is 11.5 Å². The third-order valence-electron chi connectivity index (χ3n) is 4.54. The minimum atomic E-state index is -0.190. The molecule has 4 aromatic rings. The van der Waals surface area contributed by atoms with Gasteiger partial charge < -0.3 is 14.5 Å². The number of aromatic amines is 1. The molecule has 0 aliphatic carbocycles. The third-order valence-corrected chi connectivity index (χ3v) is 4.54. The number of pyridine rings is 1. The minimum Gasteiger partial charge on any atom is -0.493 e. The summed E-state index contributed by atoms with van der Waals surface area (Å²) in [6.45, 7) is 1.93. The maximum Gasteiger partial charge on any atom is 0.250 e. The minimum absolute atomic E-state index is 0.190. The first-order valence-corrected chi connectivity index (χ1v) is 8.53. The van der Waals surface area contributed by atoms with Crippen molar-refractivity contribution in [2.75, 3.05) is 14.2 Å². The molecule has 0 fully saturated rings. The van der Waals surface area contributed by atoms with Crippen LogP contribution < -0.4 is 15.0 Å². The van der Waals surface area contributed by atoms with Gasteiger partial charge in [0.05, 0.1) is 25.6 Å². The Labute approximate surface area is 156 Å². The molecular weight excluding hydrogens is 342 g/mol. The SMILES string of the molecule is COc1ccc(-c2cc(=O)[nH]c3c2c(C)nn3-c2ccccc2)cc1OC. The van der Waals surface area contributed by atoms with E-state index in [0.717, 1.165) is 27.9 Å². The Morgan fingerprint density at radius 1 is 0.963 bits per heavy atom. The summed E-state index contributed by atoms with van der Waals surface area (Å²) < 4.78 is 12.5. The number of para-hydroxylation sites is 1. The van der Waals surface area contributed by atoms with Gasteiger partial charge in [-0.15, -0.1) is 0 Å². The van der Waals surface area contributed by atoms with Gasteiger partial charge >= 0.3 is 0 Å². The molecule has 0 amide bonds. The van der Waals surface area contributed by atoms with Crippen LogP contribution in [0.25, 0.3) is 27.8 Å². The quantitative estimate of drug-likeness (QED) is 0.602. The number of ether oxygens (including phenoxy) is 2. The standard InChI is InChI=1S/C21H19N3O3/c1-13-20-16(14-9-10-17(26-2)18(11-14)27-3)12-19(25)22-21(20)24(23-13)15-7-5-4-6-8-15/h4-12H,1-3H3,(H,22,25). The molecule has 6 heteroatoms. The average molecular weight is 361 g/mol. The second-order valence-corrected chi connectivity index (χ2v) is 6.17. The van der Waals surface area contributed by atoms with E-state index in [1.54, 1.807) is 25.0 Å². The van der Waals surface area contributed by atoms with E-state index in [1.165, 1.54) is 0 Å². The van der Waals surface area contributed by atoms with E-state index in [2.05, 4.69) is 10.1 Å². The van der Waals surface area contributed by atoms with Crippen LogP contribution in [-0.4, -0.2) is 29.0 Å². The van der Waals surface area contributed by atoms with Gasteiger partial charge in [-0.1, -0.05) is 24.3 Å². The fourth-order valence-corrected chi connectivity index (χ4v) is 3.31. The molecule has 4 rings (SSSR count). The van der Waals surface area contributed by atoms with Gasteiger partial charge in [-0.05, 0) is 36.8 Å². The van der Waals surface area contributed by atoms with Crippen LogP contribution in [-0.2, 0) is 0 Å². The van der Waals surface area contributed by atoms with Gasteiger partial charge in [0, 0.05) is 17.0 Å². The van der Waals surface area contributed by atoms with Crippen LogP contribution in [0.3, 0.4) is 0 Å². The average Bonchev–Trinajstić information content (AvgIpc) is 3.03. The molecule has 0 saturated heterocycles. The van der Waals surface area contributed by atoms with Crippen LogP contribution in [0.2, 0.25) is 0 Å². The van der Waals surface area contributed by atoms with Gasteiger partial charge in [0.25, 0.3) is 0 Å². The first-order valence-electron chi connectivity index (χ1n) is 8.53. The summed E-state index contributed by atoms with van der Waals surface area (Å²) in [5.74, 6) is 1.25. The topological polar surface area (TPSA) is 69.1 Å². The van der Waals surface area contributed by atoms with Crippen LogP contribution in [0, 0.1) is 6.92 Å². The number of methoxy groups -OCH3 is 2. The van der Waals surface area contributed by atoms with Crippen molar-refractivity contribution in [1.82, 2.24) is 14.8 Å². The molecule has 0 unspecified atom stereocenters. The smallest absolute Gasteiger partial charge is 0.250 e. The molecule has 0 saturated carbocycles. The summed E-state index contributed by atoms with van der Waals surface area (Å²) in [5.41, 5.74) is 3.85. The summed E-state index contributed by atoms with van der Waals surface area (Å²) >= 11 is 0. The molecule has 2 aromatic heterocycles. The Hall–Kier alpha value is -3.54. The zero-order valence-corrected chi connectivity index (χ0v) is 15.3. The monoisotopic (exact) mass is 361 g/mol. The predicted molar refractivity (Wildman–Crippen MR) is 105 cm³/mol. The number of H-pyrrole nitrogens is 1. The van der Waals surface area contributed by atoms with E-state index in [-0.39, 0.29) is 5.56 Å². The maximum absolute atomic E-state index is 12.4. The Bertz CT molecular complexity index is 1180. The first-order chi connectivity index (χ1) is 13.1. The van der Waals surface area contributed by atoms with Crippen LogP contribution in [0.4, 0.5) is 0 Å². The van der Waals surface area contributed by atoms with E-state index < -0.39 is 0 Å². The Morgan fingerprint density at radius 3 is 2.41 bits per heavy atom. The molecule has 0 aliphatic rings. The highest BCUT2D eigenvalue weighted by Crippen LogP contribution is 2.35. The lowest BCUT2D eigenvalue weighted by molar-refractivity contribution is 0.355. The maximum atomic E-state index is 12.4. The number of rotatable bonds is 4. The van der Waals surface area contributed by atoms with Crippen molar-refractivity contribution in [3.05, 3.63) is 70.6 Å². The second-order valence-electron chi connectivity index (χ2n) is 6.17. The zero-order valence-electron chi connectivity index (χ0n) is 15.3. The lowest BCUT2D eigenvalue weighted by atomic mass is 10.0. The highest BCUT2D eigenvalue weighted by atomic mass is 16.5. The number of aryl methyl sites for hydroxylation is 1. The number of aromatic nitrogens is 3. The van der Waals surface area contributed by atoms with Gasteiger partial charge in [-0.3, -0.25) is 4.79 Å². The van der Waals surface area contributed by atoms with Crippen LogP contribution >= 0.6 is 0 Å². The third kappa shape index (κ3) is 2.85. The van der Waals surface area contributed by atoms with E-state index in [4.69, 9.17) is 9.47 Å². The number of nitrogens with one attached hydrogen (secondary N) is 1. The van der Waals surface area contributed by atoms with Crippen molar-refractivity contribution in [2.45, 2.75) is 6.92 Å². The molecule has 2 heterocycles. The summed E-state index contributed by atoms with van der Waals surface area (Å²) in [5, 5.41) is 5.55. The molecule has 27 heavy (non-hydrogen) atoms. The molecule has 0 bridgehead atoms. The Morgan fingerprint density at radius 2 is 1.70 bits per heavy atom. The van der Waals surface area contributed by atoms with E-state index in [1.807, 2.05) is 55.5 Å². The lowest BCUT2D eigenvalue weighted by Crippen LogP contribution is -2.07. The van der Waals surface area contributed by atoms with Gasteiger partial charge in [-0.25, -0.2) is 4.68 Å². The molecule has 0 atom stereocenters. The van der Waals surface area contributed by atoms with E-state index in [9.17, 15) is 4.79 Å². The molecule has 136 valence electrons. The number of benzene rings is 2. The fourth-order valence-electron chi connectivity index (χ4n) is 3.31. The number of hydrogen-bond acceptors (Lipinski definition) is 4. The lowest BCUT2D eigenvalue weighted by Gasteiger charge is -2.10. The van der Waals surface area contributed by atoms with Crippen LogP contribution in [0.15, 0.2) is 59.4 Å². The molecule has 0 radical (unpaired) electrons. The predicted octanol–water partition coefficient (Wildman–Crippen LogP) is 3.71. The summed E-state index contributed by atoms with van der Waals surface area (Å²) in [6, 6.07) is 16.9. The zero-order chi connectivity index (χ0) is 19.0. The molecule has 0 aliphatic heterocycles. The summed E-state index contributed by atoms with van der Waals surface area (Å²) in [4.78, 5) is 15.3. The number of hydrogen-bond donors (Lipinski definition) is 1. The van der Waals surface area contributed by atoms with Crippen molar-refractivity contribution >= 4 is 11.0 Å². The Kier molecular flexibility index (Phi) is 4.16. The van der Waals surface area contributed by atoms with E-state index in [0.29, 0.717) is 17.1 Å². The first kappa shape index (κ1) is 16.9. The second kappa shape index (κ2) is 6.64. The number of fused-ring (bicyclic) bond motifs is 1. The summed E-state index contributed by atoms with van der Waals surface area (Å²) in [6.07, 6.45) is 0. The van der Waals surface area contributed by atoms with Crippen molar-refractivity contribution in [3.63, 3.8) is 0 Å². The molecule has 2 aromatic carbocycles. The van der Waals surface area contributed by atoms with Gasteiger partial charge in [0.2, 0.25) is 5.56 Å². The van der Waals surface area contributed by atoms with Crippen LogP contribution in [0.1, 0.15) is 5.69 Å². The normalized spacial score (nSPS) is 10.9. The van der Waals surface area contributed by atoms with Crippen molar-refractivity contribution < 1.29 is 9.47 Å².